The Kier molecular flexibility index (Phi) is 3.81. The molecular formula is C9H14N. The summed E-state index contributed by atoms with van der Waals surface area (Å²) >= 11 is 0. The van der Waals surface area contributed by atoms with Gasteiger partial charge in [-0.05, 0) is 44.6 Å². The summed E-state index contributed by atoms with van der Waals surface area (Å²) in [6, 6.07) is 0. The van der Waals surface area contributed by atoms with Gasteiger partial charge in [0, 0.05) is 6.54 Å². The van der Waals surface area contributed by atoms with Crippen molar-refractivity contribution in [3.63, 3.8) is 0 Å². The molecule has 0 aromatic rings. The van der Waals surface area contributed by atoms with E-state index in [4.69, 9.17) is 0 Å². The van der Waals surface area contributed by atoms with E-state index in [0.29, 0.717) is 0 Å². The standard InChI is InChI=1S/C9H14N/c1-2-7-10-8-9-5-3-4-6-9/h3-6,10H,2,7-8H2,1H3. The van der Waals surface area contributed by atoms with E-state index >= 15 is 0 Å². The second-order valence-electron chi connectivity index (χ2n) is 2.47. The highest BCUT2D eigenvalue weighted by Crippen LogP contribution is 2.21. The lowest BCUT2D eigenvalue weighted by Crippen LogP contribution is -2.20. The van der Waals surface area contributed by atoms with Crippen LogP contribution in [0.3, 0.4) is 0 Å². The van der Waals surface area contributed by atoms with E-state index in [1.54, 1.807) is 0 Å². The molecule has 55 valence electrons. The lowest BCUT2D eigenvalue weighted by molar-refractivity contribution is 0.695. The minimum absolute atomic E-state index is 1.01. The predicted molar refractivity (Wildman–Crippen MR) is 43.6 cm³/mol. The van der Waals surface area contributed by atoms with Gasteiger partial charge in [0.25, 0.3) is 0 Å². The van der Waals surface area contributed by atoms with E-state index in [9.17, 15) is 0 Å². The van der Waals surface area contributed by atoms with Gasteiger partial charge in [0.05, 0.1) is 0 Å². The molecule has 0 bridgehead atoms. The van der Waals surface area contributed by atoms with Crippen LogP contribution in [0.4, 0.5) is 0 Å². The molecule has 0 aromatic heterocycles. The highest BCUT2D eigenvalue weighted by molar-refractivity contribution is 5.35. The van der Waals surface area contributed by atoms with Crippen molar-refractivity contribution in [1.29, 1.82) is 0 Å². The van der Waals surface area contributed by atoms with Crippen molar-refractivity contribution in [3.8, 4) is 0 Å². The van der Waals surface area contributed by atoms with Crippen LogP contribution < -0.4 is 5.32 Å². The number of nitrogens with one attached hydrogen (secondary N) is 1. The first kappa shape index (κ1) is 8.06. The lowest BCUT2D eigenvalue weighted by Gasteiger charge is -2.07. The summed E-state index contributed by atoms with van der Waals surface area (Å²) in [6.07, 6.45) is 9.64. The normalized spacial score (nSPS) is 20.1. The maximum atomic E-state index is 3.34. The van der Waals surface area contributed by atoms with E-state index in [-0.39, 0.29) is 0 Å². The van der Waals surface area contributed by atoms with Gasteiger partial charge in [-0.1, -0.05) is 6.92 Å². The van der Waals surface area contributed by atoms with E-state index in [2.05, 4.69) is 37.9 Å². The SMILES string of the molecule is CCCNC[C]1[CH][CH][CH][CH]1. The first-order valence-electron chi connectivity index (χ1n) is 3.85. The molecule has 0 atom stereocenters. The fourth-order valence-electron chi connectivity index (χ4n) is 0.941. The fraction of sp³-hybridized carbons (Fsp3) is 0.444. The minimum atomic E-state index is 1.01. The summed E-state index contributed by atoms with van der Waals surface area (Å²) in [4.78, 5) is 0. The maximum absolute atomic E-state index is 3.34. The largest absolute Gasteiger partial charge is 0.316 e. The topological polar surface area (TPSA) is 12.0 Å². The third-order valence-electron chi connectivity index (χ3n) is 1.49. The Morgan fingerprint density at radius 1 is 1.30 bits per heavy atom. The van der Waals surface area contributed by atoms with Gasteiger partial charge < -0.3 is 5.32 Å². The average Bonchev–Trinajstić information content (AvgIpc) is 2.41. The smallest absolute Gasteiger partial charge is 0.00196 e. The Hall–Kier alpha value is -0.0400. The molecule has 0 amide bonds. The molecule has 1 aliphatic carbocycles. The minimum Gasteiger partial charge on any atom is -0.316 e. The molecule has 1 rings (SSSR count). The van der Waals surface area contributed by atoms with E-state index in [1.165, 1.54) is 12.3 Å². The van der Waals surface area contributed by atoms with Crippen LogP contribution in [0.15, 0.2) is 0 Å². The molecular weight excluding hydrogens is 122 g/mol. The van der Waals surface area contributed by atoms with Crippen LogP contribution in [0.5, 0.6) is 0 Å². The maximum Gasteiger partial charge on any atom is 0.00196 e. The van der Waals surface area contributed by atoms with Gasteiger partial charge in [-0.3, -0.25) is 0 Å². The fourth-order valence-corrected chi connectivity index (χ4v) is 0.941. The first-order valence-corrected chi connectivity index (χ1v) is 3.85. The number of hydrogen-bond donors (Lipinski definition) is 1. The van der Waals surface area contributed by atoms with Crippen molar-refractivity contribution < 1.29 is 0 Å². The highest BCUT2D eigenvalue weighted by atomic mass is 14.8. The molecule has 10 heavy (non-hydrogen) atoms. The molecule has 0 aliphatic heterocycles. The van der Waals surface area contributed by atoms with Gasteiger partial charge >= 0.3 is 0 Å². The van der Waals surface area contributed by atoms with Crippen molar-refractivity contribution in [2.24, 2.45) is 0 Å². The highest BCUT2D eigenvalue weighted by Gasteiger charge is 2.15. The molecule has 0 unspecified atom stereocenters. The average molecular weight is 136 g/mol. The zero-order valence-electron chi connectivity index (χ0n) is 6.43. The van der Waals surface area contributed by atoms with Gasteiger partial charge in [-0.2, -0.15) is 0 Å². The summed E-state index contributed by atoms with van der Waals surface area (Å²) < 4.78 is 0. The van der Waals surface area contributed by atoms with Gasteiger partial charge in [0.1, 0.15) is 0 Å². The van der Waals surface area contributed by atoms with Crippen molar-refractivity contribution in [3.05, 3.63) is 31.6 Å². The van der Waals surface area contributed by atoms with Crippen molar-refractivity contribution in [2.75, 3.05) is 13.1 Å². The van der Waals surface area contributed by atoms with Crippen LogP contribution in [-0.4, -0.2) is 13.1 Å². The van der Waals surface area contributed by atoms with Gasteiger partial charge in [0.2, 0.25) is 0 Å². The molecule has 1 N–H and O–H groups in total. The first-order chi connectivity index (χ1) is 4.93. The third-order valence-corrected chi connectivity index (χ3v) is 1.49. The molecule has 1 saturated carbocycles. The predicted octanol–water partition coefficient (Wildman–Crippen LogP) is 1.39. The summed E-state index contributed by atoms with van der Waals surface area (Å²) in [5.41, 5.74) is 0. The number of hydrogen-bond acceptors (Lipinski definition) is 1. The molecule has 0 heterocycles. The lowest BCUT2D eigenvalue weighted by atomic mass is 10.1. The van der Waals surface area contributed by atoms with E-state index < -0.39 is 0 Å². The Balaban J connectivity index is 1.91. The molecule has 1 fully saturated rings. The van der Waals surface area contributed by atoms with Gasteiger partial charge in [-0.25, -0.2) is 0 Å². The second kappa shape index (κ2) is 4.73. The van der Waals surface area contributed by atoms with Crippen LogP contribution in [0.25, 0.3) is 0 Å². The Labute approximate surface area is 64.2 Å². The van der Waals surface area contributed by atoms with Gasteiger partial charge in [0.15, 0.2) is 0 Å². The van der Waals surface area contributed by atoms with Crippen LogP contribution in [0.1, 0.15) is 13.3 Å². The zero-order valence-corrected chi connectivity index (χ0v) is 6.43. The van der Waals surface area contributed by atoms with Crippen molar-refractivity contribution >= 4 is 0 Å². The Bertz CT molecular complexity index is 74.8. The summed E-state index contributed by atoms with van der Waals surface area (Å²) in [5.74, 6) is 1.38. The molecule has 0 saturated heterocycles. The molecule has 1 nitrogen and oxygen atoms in total. The van der Waals surface area contributed by atoms with Crippen LogP contribution in [0.2, 0.25) is 0 Å². The van der Waals surface area contributed by atoms with E-state index in [0.717, 1.165) is 13.1 Å². The molecule has 0 spiro atoms. The number of rotatable bonds is 4. The second-order valence-corrected chi connectivity index (χ2v) is 2.47. The zero-order chi connectivity index (χ0) is 7.23. The quantitative estimate of drug-likeness (QED) is 0.576. The monoisotopic (exact) mass is 136 g/mol. The van der Waals surface area contributed by atoms with Crippen molar-refractivity contribution in [2.45, 2.75) is 13.3 Å². The Morgan fingerprint density at radius 2 is 2.00 bits per heavy atom. The van der Waals surface area contributed by atoms with Crippen LogP contribution in [-0.2, 0) is 0 Å². The summed E-state index contributed by atoms with van der Waals surface area (Å²) in [7, 11) is 0. The summed E-state index contributed by atoms with van der Waals surface area (Å²) in [5, 5.41) is 3.34. The molecule has 1 heteroatoms. The van der Waals surface area contributed by atoms with Crippen molar-refractivity contribution in [1.82, 2.24) is 5.32 Å². The summed E-state index contributed by atoms with van der Waals surface area (Å²) in [6.45, 7) is 4.31. The Morgan fingerprint density at radius 3 is 2.60 bits per heavy atom. The third kappa shape index (κ3) is 2.70. The van der Waals surface area contributed by atoms with Gasteiger partial charge in [-0.15, -0.1) is 0 Å². The van der Waals surface area contributed by atoms with Crippen LogP contribution >= 0.6 is 0 Å². The molecule has 5 radical (unpaired) electrons. The van der Waals surface area contributed by atoms with Crippen LogP contribution in [0, 0.1) is 31.6 Å². The molecule has 1 aliphatic rings. The van der Waals surface area contributed by atoms with E-state index in [1.807, 2.05) is 0 Å². The molecule has 0 aromatic carbocycles.